The summed E-state index contributed by atoms with van der Waals surface area (Å²) in [5.41, 5.74) is 2.17. The lowest BCUT2D eigenvalue weighted by Crippen LogP contribution is -2.28. The van der Waals surface area contributed by atoms with Crippen LogP contribution in [0.2, 0.25) is 0 Å². The lowest BCUT2D eigenvalue weighted by atomic mass is 10.1. The number of ether oxygens (including phenoxy) is 2. The van der Waals surface area contributed by atoms with Crippen molar-refractivity contribution in [3.05, 3.63) is 58.8 Å². The summed E-state index contributed by atoms with van der Waals surface area (Å²) in [6.45, 7) is 7.27. The fourth-order valence-corrected chi connectivity index (χ4v) is 4.53. The fourth-order valence-electron chi connectivity index (χ4n) is 3.18. The Balaban J connectivity index is 2.14. The summed E-state index contributed by atoms with van der Waals surface area (Å²) in [5, 5.41) is 3.17. The van der Waals surface area contributed by atoms with E-state index in [9.17, 15) is 18.0 Å². The summed E-state index contributed by atoms with van der Waals surface area (Å²) in [4.78, 5) is 29.2. The standard InChI is InChI=1S/C24H29Cl2N3O6S/c1-15(26)16(2)27-23-19(13-25)12-21(29(23)4)24(31)28-17(3)18-6-8-20(9-7-18)36(32,33)14-22(30)35-11-10-34-5/h6-9,12,17H,1,10-11,13-14H2,2-5H3,(H,28,31)/t17-/m1/s1. The number of carbonyl (C=O) groups excluding carboxylic acids is 2. The molecular formula is C24H29Cl2N3O6S. The molecule has 2 rings (SSSR count). The van der Waals surface area contributed by atoms with Crippen molar-refractivity contribution in [1.29, 1.82) is 0 Å². The predicted molar refractivity (Wildman–Crippen MR) is 140 cm³/mol. The smallest absolute Gasteiger partial charge is 0.321 e. The van der Waals surface area contributed by atoms with Crippen LogP contribution in [-0.4, -0.2) is 56.6 Å². The van der Waals surface area contributed by atoms with Gasteiger partial charge in [0.2, 0.25) is 0 Å². The molecule has 0 aliphatic carbocycles. The van der Waals surface area contributed by atoms with Gasteiger partial charge in [-0.3, -0.25) is 9.59 Å². The van der Waals surface area contributed by atoms with Gasteiger partial charge in [-0.25, -0.2) is 13.4 Å². The first-order chi connectivity index (χ1) is 16.9. The minimum atomic E-state index is -3.88. The molecule has 0 bridgehead atoms. The summed E-state index contributed by atoms with van der Waals surface area (Å²) in [6, 6.07) is 7.14. The zero-order valence-electron chi connectivity index (χ0n) is 20.5. The number of nitrogens with one attached hydrogen (secondary N) is 1. The molecule has 0 radical (unpaired) electrons. The van der Waals surface area contributed by atoms with Crippen molar-refractivity contribution in [2.45, 2.75) is 30.7 Å². The zero-order chi connectivity index (χ0) is 27.0. The molecule has 1 N–H and O–H groups in total. The second-order valence-corrected chi connectivity index (χ2v) is 10.6. The molecule has 1 atom stereocenters. The van der Waals surface area contributed by atoms with Crippen LogP contribution in [0.3, 0.4) is 0 Å². The summed E-state index contributed by atoms with van der Waals surface area (Å²) < 4.78 is 36.2. The Hall–Kier alpha value is -2.66. The van der Waals surface area contributed by atoms with Gasteiger partial charge >= 0.3 is 5.97 Å². The van der Waals surface area contributed by atoms with Crippen LogP contribution in [0.1, 0.15) is 41.5 Å². The highest BCUT2D eigenvalue weighted by molar-refractivity contribution is 7.92. The molecule has 0 saturated carbocycles. The number of benzene rings is 1. The van der Waals surface area contributed by atoms with Crippen molar-refractivity contribution < 1.29 is 27.5 Å². The van der Waals surface area contributed by atoms with Gasteiger partial charge in [0.25, 0.3) is 5.91 Å². The first kappa shape index (κ1) is 29.6. The summed E-state index contributed by atoms with van der Waals surface area (Å²) in [5.74, 6) is -1.36. The van der Waals surface area contributed by atoms with E-state index >= 15 is 0 Å². The molecule has 0 fully saturated rings. The van der Waals surface area contributed by atoms with Crippen LogP contribution in [0.15, 0.2) is 51.8 Å². The van der Waals surface area contributed by atoms with Gasteiger partial charge in [-0.1, -0.05) is 30.3 Å². The minimum Gasteiger partial charge on any atom is -0.462 e. The number of allylic oxidation sites excluding steroid dienone is 1. The van der Waals surface area contributed by atoms with Gasteiger partial charge in [0, 0.05) is 19.7 Å². The normalized spacial score (nSPS) is 12.8. The molecule has 196 valence electrons. The number of nitrogens with zero attached hydrogens (tertiary/aromatic N) is 2. The SMILES string of the molecule is C=C(Cl)C(C)=Nc1c(CCl)cc(C(=O)N[C@H](C)c2ccc(S(=O)(=O)CC(=O)OCCOC)cc2)n1C. The molecule has 36 heavy (non-hydrogen) atoms. The zero-order valence-corrected chi connectivity index (χ0v) is 22.8. The van der Waals surface area contributed by atoms with Crippen LogP contribution in [0.5, 0.6) is 0 Å². The third kappa shape index (κ3) is 7.67. The van der Waals surface area contributed by atoms with E-state index < -0.39 is 27.6 Å². The Bertz CT molecular complexity index is 1250. The lowest BCUT2D eigenvalue weighted by molar-refractivity contribution is -0.141. The molecular weight excluding hydrogens is 529 g/mol. The van der Waals surface area contributed by atoms with Crippen LogP contribution in [0.4, 0.5) is 5.82 Å². The maximum absolute atomic E-state index is 13.0. The van der Waals surface area contributed by atoms with Gasteiger partial charge in [-0.15, -0.1) is 11.6 Å². The maximum atomic E-state index is 13.0. The molecule has 0 unspecified atom stereocenters. The number of alkyl halides is 1. The highest BCUT2D eigenvalue weighted by atomic mass is 35.5. The first-order valence-corrected chi connectivity index (χ1v) is 13.4. The van der Waals surface area contributed by atoms with Gasteiger partial charge in [-0.2, -0.15) is 0 Å². The van der Waals surface area contributed by atoms with Crippen LogP contribution in [0.25, 0.3) is 0 Å². The Kier molecular flexibility index (Phi) is 10.7. The van der Waals surface area contributed by atoms with Crippen molar-refractivity contribution in [1.82, 2.24) is 9.88 Å². The van der Waals surface area contributed by atoms with Crippen LogP contribution in [-0.2, 0) is 37.0 Å². The minimum absolute atomic E-state index is 0.0238. The third-order valence-electron chi connectivity index (χ3n) is 5.27. The van der Waals surface area contributed by atoms with E-state index in [1.165, 1.54) is 19.2 Å². The summed E-state index contributed by atoms with van der Waals surface area (Å²) >= 11 is 12.0. The monoisotopic (exact) mass is 557 g/mol. The Morgan fingerprint density at radius 2 is 1.86 bits per heavy atom. The van der Waals surface area contributed by atoms with E-state index in [0.29, 0.717) is 28.4 Å². The van der Waals surface area contributed by atoms with E-state index in [-0.39, 0.29) is 34.9 Å². The molecule has 0 aliphatic heterocycles. The first-order valence-electron chi connectivity index (χ1n) is 10.8. The third-order valence-corrected chi connectivity index (χ3v) is 7.43. The van der Waals surface area contributed by atoms with E-state index in [1.807, 2.05) is 0 Å². The number of aromatic nitrogens is 1. The molecule has 1 amide bonds. The molecule has 0 saturated heterocycles. The molecule has 1 heterocycles. The quantitative estimate of drug-likeness (QED) is 0.182. The number of amides is 1. The lowest BCUT2D eigenvalue weighted by Gasteiger charge is -2.15. The van der Waals surface area contributed by atoms with Crippen LogP contribution in [0, 0.1) is 0 Å². The average molecular weight is 558 g/mol. The maximum Gasteiger partial charge on any atom is 0.321 e. The molecule has 1 aromatic heterocycles. The number of methoxy groups -OCH3 is 1. The average Bonchev–Trinajstić information content (AvgIpc) is 3.14. The van der Waals surface area contributed by atoms with Gasteiger partial charge in [0.05, 0.1) is 34.2 Å². The molecule has 2 aromatic rings. The topological polar surface area (TPSA) is 116 Å². The Morgan fingerprint density at radius 1 is 1.22 bits per heavy atom. The molecule has 0 aliphatic rings. The second-order valence-electron chi connectivity index (χ2n) is 7.91. The van der Waals surface area contributed by atoms with E-state index in [1.54, 1.807) is 43.7 Å². The Morgan fingerprint density at radius 3 is 2.42 bits per heavy atom. The molecule has 12 heteroatoms. The van der Waals surface area contributed by atoms with Crippen molar-refractivity contribution in [3.8, 4) is 0 Å². The highest BCUT2D eigenvalue weighted by Gasteiger charge is 2.22. The van der Waals surface area contributed by atoms with Gasteiger partial charge in [0.1, 0.15) is 18.1 Å². The fraction of sp³-hybridized carbons (Fsp3) is 0.375. The van der Waals surface area contributed by atoms with E-state index in [0.717, 1.165) is 0 Å². The van der Waals surface area contributed by atoms with Gasteiger partial charge in [0.15, 0.2) is 15.6 Å². The molecule has 0 spiro atoms. The second kappa shape index (κ2) is 13.0. The van der Waals surface area contributed by atoms with Gasteiger partial charge in [-0.05, 0) is 37.6 Å². The van der Waals surface area contributed by atoms with Crippen LogP contribution >= 0.6 is 23.2 Å². The predicted octanol–water partition coefficient (Wildman–Crippen LogP) is 4.06. The summed E-state index contributed by atoms with van der Waals surface area (Å²) in [6.07, 6.45) is 0. The number of hydrogen-bond donors (Lipinski definition) is 1. The molecule has 9 nitrogen and oxygen atoms in total. The van der Waals surface area contributed by atoms with Crippen molar-refractivity contribution >= 4 is 56.4 Å². The number of halogens is 2. The number of esters is 1. The van der Waals surface area contributed by atoms with Crippen LogP contribution < -0.4 is 5.32 Å². The summed E-state index contributed by atoms with van der Waals surface area (Å²) in [7, 11) is -0.741. The Labute approximate surface area is 221 Å². The number of rotatable bonds is 12. The largest absolute Gasteiger partial charge is 0.462 e. The number of sulfone groups is 1. The number of hydrogen-bond acceptors (Lipinski definition) is 7. The number of carbonyl (C=O) groups is 2. The van der Waals surface area contributed by atoms with Crippen molar-refractivity contribution in [2.24, 2.45) is 12.0 Å². The van der Waals surface area contributed by atoms with E-state index in [2.05, 4.69) is 16.9 Å². The highest BCUT2D eigenvalue weighted by Crippen LogP contribution is 2.27. The molecule has 1 aromatic carbocycles. The van der Waals surface area contributed by atoms with Crippen molar-refractivity contribution in [2.75, 3.05) is 26.1 Å². The van der Waals surface area contributed by atoms with Gasteiger partial charge < -0.3 is 19.4 Å². The van der Waals surface area contributed by atoms with E-state index in [4.69, 9.17) is 32.7 Å². The number of aliphatic imine (C=N–C) groups is 1. The van der Waals surface area contributed by atoms with Crippen molar-refractivity contribution in [3.63, 3.8) is 0 Å².